The van der Waals surface area contributed by atoms with Crippen LogP contribution in [0.3, 0.4) is 0 Å². The third kappa shape index (κ3) is 11.5. The van der Waals surface area contributed by atoms with Crippen LogP contribution in [0.2, 0.25) is 0 Å². The molecule has 6 aromatic rings. The van der Waals surface area contributed by atoms with Gasteiger partial charge in [-0.1, -0.05) is 21.6 Å². The Morgan fingerprint density at radius 1 is 0.415 bits per heavy atom. The van der Waals surface area contributed by atoms with Gasteiger partial charge in [0, 0.05) is 16.5 Å². The number of rotatable bonds is 16. The standard InChI is InChI=1S/C35H28N4O18S8/c40-34-28-11-9-26(62(46,47)48)15-20(28)17-30(64(52,53)54)32(34)38-36-22-1-5-24(6-2-22)60(42,43)14-13-58-59-19-61(44,45)25-7-3-23(4-8-25)37-39-33-31(65(55,56)57)18-21-16-27(63(49,50)51)10-12-29(21)35(33)41/h1-12,15-18,40-41H,13-14,19H2,(H,46,47,48)(H,49,50,51)(H,52,53,54)(H,55,56,57). The van der Waals surface area contributed by atoms with Gasteiger partial charge in [0.1, 0.15) is 26.3 Å². The van der Waals surface area contributed by atoms with E-state index in [2.05, 4.69) is 20.5 Å². The fourth-order valence-corrected chi connectivity index (χ4v) is 14.7. The number of aromatic hydroxyl groups is 2. The zero-order valence-corrected chi connectivity index (χ0v) is 38.5. The van der Waals surface area contributed by atoms with Gasteiger partial charge in [-0.15, -0.1) is 10.2 Å². The van der Waals surface area contributed by atoms with Gasteiger partial charge in [0.2, 0.25) is 0 Å². The van der Waals surface area contributed by atoms with Crippen molar-refractivity contribution in [2.24, 2.45) is 20.5 Å². The second-order valence-corrected chi connectivity index (χ2v) is 25.9. The Balaban J connectivity index is 1.07. The van der Waals surface area contributed by atoms with Crippen molar-refractivity contribution in [3.05, 3.63) is 97.1 Å². The Bertz CT molecular complexity index is 3420. The number of azo groups is 2. The molecule has 0 heterocycles. The molecule has 6 N–H and O–H groups in total. The molecule has 30 heteroatoms. The van der Waals surface area contributed by atoms with Crippen molar-refractivity contribution in [3.63, 3.8) is 0 Å². The van der Waals surface area contributed by atoms with E-state index in [0.717, 1.165) is 94.4 Å². The first-order chi connectivity index (χ1) is 30.1. The Kier molecular flexibility index (Phi) is 13.9. The number of phenolic OH excluding ortho intramolecular Hbond substituents is 2. The van der Waals surface area contributed by atoms with Crippen LogP contribution in [0.15, 0.2) is 147 Å². The van der Waals surface area contributed by atoms with E-state index < -0.39 is 113 Å². The SMILES string of the molecule is O=S(=O)(O)c1ccc2c(O)c(N=Nc3ccc(S(=O)(=O)CCSSCS(=O)(=O)c4ccc(N=Nc5c(S(=O)(=O)O)cc6cc(S(=O)(=O)O)ccc6c5O)cc4)cc3)c(S(=O)(=O)O)cc2c1. The smallest absolute Gasteiger partial charge is 0.296 e. The molecule has 0 saturated heterocycles. The Hall–Kier alpha value is -5.12. The summed E-state index contributed by atoms with van der Waals surface area (Å²) < 4.78 is 185. The normalized spacial score (nSPS) is 13.4. The molecule has 344 valence electrons. The first-order valence-electron chi connectivity index (χ1n) is 17.3. The van der Waals surface area contributed by atoms with Crippen LogP contribution in [-0.4, -0.2) is 95.5 Å². The highest BCUT2D eigenvalue weighted by Crippen LogP contribution is 2.43. The van der Waals surface area contributed by atoms with Crippen LogP contribution in [0.4, 0.5) is 22.7 Å². The van der Waals surface area contributed by atoms with E-state index >= 15 is 0 Å². The summed E-state index contributed by atoms with van der Waals surface area (Å²) in [6.45, 7) is 0. The lowest BCUT2D eigenvalue weighted by Crippen LogP contribution is -2.08. The number of hydrogen-bond donors (Lipinski definition) is 6. The van der Waals surface area contributed by atoms with Crippen molar-refractivity contribution >= 4 is 126 Å². The molecule has 0 aliphatic carbocycles. The molecule has 0 spiro atoms. The van der Waals surface area contributed by atoms with Gasteiger partial charge in [0.15, 0.2) is 31.2 Å². The van der Waals surface area contributed by atoms with Crippen molar-refractivity contribution in [1.82, 2.24) is 0 Å². The number of sulfone groups is 2. The van der Waals surface area contributed by atoms with Gasteiger partial charge in [0.25, 0.3) is 40.5 Å². The largest absolute Gasteiger partial charge is 0.505 e. The molecular formula is C35H28N4O18S8. The Labute approximate surface area is 377 Å². The molecule has 0 unspecified atom stereocenters. The van der Waals surface area contributed by atoms with Crippen LogP contribution in [0.25, 0.3) is 21.5 Å². The minimum absolute atomic E-state index is 0.0191. The second-order valence-electron chi connectivity index (χ2n) is 13.2. The molecule has 6 aromatic carbocycles. The predicted octanol–water partition coefficient (Wildman–Crippen LogP) is 6.81. The van der Waals surface area contributed by atoms with Gasteiger partial charge >= 0.3 is 0 Å². The molecule has 0 atom stereocenters. The van der Waals surface area contributed by atoms with Gasteiger partial charge in [-0.2, -0.15) is 43.9 Å². The topological polar surface area (TPSA) is 376 Å². The highest BCUT2D eigenvalue weighted by Gasteiger charge is 2.25. The second kappa shape index (κ2) is 18.3. The van der Waals surface area contributed by atoms with Gasteiger partial charge in [-0.05, 0) is 108 Å². The first-order valence-corrected chi connectivity index (χ1v) is 28.8. The Morgan fingerprint density at radius 3 is 1.15 bits per heavy atom. The average Bonchev–Trinajstić information content (AvgIpc) is 3.21. The highest BCUT2D eigenvalue weighted by atomic mass is 33.1. The summed E-state index contributed by atoms with van der Waals surface area (Å²) in [5.74, 6) is -2.10. The van der Waals surface area contributed by atoms with Crippen molar-refractivity contribution in [2.75, 3.05) is 16.6 Å². The van der Waals surface area contributed by atoms with Crippen molar-refractivity contribution in [3.8, 4) is 11.5 Å². The van der Waals surface area contributed by atoms with Crippen LogP contribution in [0, 0.1) is 0 Å². The first kappa shape index (κ1) is 49.3. The lowest BCUT2D eigenvalue weighted by atomic mass is 10.1. The van der Waals surface area contributed by atoms with E-state index in [0.29, 0.717) is 0 Å². The molecule has 65 heavy (non-hydrogen) atoms. The maximum absolute atomic E-state index is 13.0. The van der Waals surface area contributed by atoms with E-state index in [1.54, 1.807) is 0 Å². The van der Waals surface area contributed by atoms with Crippen LogP contribution < -0.4 is 0 Å². The fraction of sp³-hybridized carbons (Fsp3) is 0.0857. The summed E-state index contributed by atoms with van der Waals surface area (Å²) in [4.78, 5) is -3.48. The third-order valence-electron chi connectivity index (χ3n) is 8.84. The lowest BCUT2D eigenvalue weighted by molar-refractivity contribution is 0.471. The van der Waals surface area contributed by atoms with E-state index in [1.807, 2.05) is 0 Å². The van der Waals surface area contributed by atoms with Gasteiger partial charge in [0.05, 0.1) is 36.7 Å². The van der Waals surface area contributed by atoms with Crippen LogP contribution in [-0.2, 0) is 60.1 Å². The molecular weight excluding hydrogens is 1020 g/mol. The quantitative estimate of drug-likeness (QED) is 0.0251. The summed E-state index contributed by atoms with van der Waals surface area (Å²) in [5, 5.41) is 35.5. The number of nitrogens with zero attached hydrogens (tertiary/aromatic N) is 4. The molecule has 0 radical (unpaired) electrons. The van der Waals surface area contributed by atoms with Gasteiger partial charge in [-0.25, -0.2) is 16.8 Å². The monoisotopic (exact) mass is 1050 g/mol. The summed E-state index contributed by atoms with van der Waals surface area (Å²) in [6.07, 6.45) is 0. The molecule has 0 aromatic heterocycles. The maximum atomic E-state index is 13.0. The van der Waals surface area contributed by atoms with Crippen LogP contribution >= 0.6 is 21.6 Å². The fourth-order valence-electron chi connectivity index (χ4n) is 5.71. The summed E-state index contributed by atoms with van der Waals surface area (Å²) in [5.41, 5.74) is -1.49. The lowest BCUT2D eigenvalue weighted by Gasteiger charge is -2.09. The minimum Gasteiger partial charge on any atom is -0.505 e. The molecule has 0 aliphatic heterocycles. The third-order valence-corrected chi connectivity index (χ3v) is 19.3. The van der Waals surface area contributed by atoms with E-state index in [1.165, 1.54) is 24.3 Å². The average molecular weight is 1050 g/mol. The van der Waals surface area contributed by atoms with Crippen LogP contribution in [0.5, 0.6) is 11.5 Å². The van der Waals surface area contributed by atoms with Crippen LogP contribution in [0.1, 0.15) is 0 Å². The van der Waals surface area contributed by atoms with Crippen molar-refractivity contribution < 1.29 is 78.9 Å². The summed E-state index contributed by atoms with van der Waals surface area (Å²) >= 11 is 0. The maximum Gasteiger partial charge on any atom is 0.296 e. The predicted molar refractivity (Wildman–Crippen MR) is 236 cm³/mol. The minimum atomic E-state index is -5.08. The molecule has 0 fully saturated rings. The number of fused-ring (bicyclic) bond motifs is 2. The number of hydrogen-bond acceptors (Lipinski definition) is 20. The van der Waals surface area contributed by atoms with E-state index in [9.17, 15) is 78.9 Å². The molecule has 0 amide bonds. The Morgan fingerprint density at radius 2 is 0.785 bits per heavy atom. The van der Waals surface area contributed by atoms with Gasteiger partial charge in [-0.3, -0.25) is 18.2 Å². The van der Waals surface area contributed by atoms with Crippen molar-refractivity contribution in [1.29, 1.82) is 0 Å². The molecule has 0 aliphatic rings. The number of phenols is 2. The highest BCUT2D eigenvalue weighted by molar-refractivity contribution is 8.78. The van der Waals surface area contributed by atoms with E-state index in [-0.39, 0.29) is 48.5 Å². The molecule has 22 nitrogen and oxygen atoms in total. The van der Waals surface area contributed by atoms with Gasteiger partial charge < -0.3 is 10.2 Å². The zero-order chi connectivity index (χ0) is 47.9. The molecule has 6 rings (SSSR count). The zero-order valence-electron chi connectivity index (χ0n) is 32.0. The summed E-state index contributed by atoms with van der Waals surface area (Å²) in [6, 6.07) is 16.8. The number of benzene rings is 6. The van der Waals surface area contributed by atoms with E-state index in [4.69, 9.17) is 0 Å². The molecule has 0 bridgehead atoms. The molecule has 0 saturated carbocycles. The summed E-state index contributed by atoms with van der Waals surface area (Å²) in [7, 11) is -25.7. The van der Waals surface area contributed by atoms with Crippen molar-refractivity contribution in [2.45, 2.75) is 29.4 Å².